The van der Waals surface area contributed by atoms with Crippen molar-refractivity contribution in [1.82, 2.24) is 14.9 Å². The Hall–Kier alpha value is -1.00. The Bertz CT molecular complexity index is 355. The van der Waals surface area contributed by atoms with Crippen LogP contribution >= 0.6 is 0 Å². The number of nitrogens with two attached hydrogens (primary N) is 1. The van der Waals surface area contributed by atoms with Gasteiger partial charge in [0, 0.05) is 17.9 Å². The molecular weight excluding hydrogens is 224 g/mol. The molecule has 1 aromatic heterocycles. The van der Waals surface area contributed by atoms with Crippen molar-refractivity contribution in [2.24, 2.45) is 5.73 Å². The molecule has 0 amide bonds. The molecular formula is C14H24N4. The van der Waals surface area contributed by atoms with Gasteiger partial charge in [0.15, 0.2) is 0 Å². The third kappa shape index (κ3) is 2.27. The van der Waals surface area contributed by atoms with Crippen molar-refractivity contribution in [3.63, 3.8) is 0 Å². The van der Waals surface area contributed by atoms with E-state index in [1.54, 1.807) is 12.4 Å². The molecule has 1 unspecified atom stereocenters. The van der Waals surface area contributed by atoms with Gasteiger partial charge in [-0.3, -0.25) is 14.9 Å². The normalized spacial score (nSPS) is 20.2. The fourth-order valence-electron chi connectivity index (χ4n) is 3.41. The molecule has 2 rings (SSSR count). The van der Waals surface area contributed by atoms with E-state index in [2.05, 4.69) is 28.7 Å². The summed E-state index contributed by atoms with van der Waals surface area (Å²) in [5, 5.41) is 0. The van der Waals surface area contributed by atoms with Gasteiger partial charge in [0.1, 0.15) is 0 Å². The number of hydrogen-bond donors (Lipinski definition) is 1. The van der Waals surface area contributed by atoms with E-state index in [1.165, 1.54) is 25.7 Å². The van der Waals surface area contributed by atoms with Gasteiger partial charge >= 0.3 is 0 Å². The molecule has 1 atom stereocenters. The smallest absolute Gasteiger partial charge is 0.0772 e. The first kappa shape index (κ1) is 13.4. The van der Waals surface area contributed by atoms with Crippen molar-refractivity contribution >= 4 is 0 Å². The van der Waals surface area contributed by atoms with E-state index in [9.17, 15) is 0 Å². The fraction of sp³-hybridized carbons (Fsp3) is 0.714. The lowest BCUT2D eigenvalue weighted by Gasteiger charge is -2.44. The minimum Gasteiger partial charge on any atom is -0.321 e. The van der Waals surface area contributed by atoms with Gasteiger partial charge in [-0.05, 0) is 25.9 Å². The summed E-state index contributed by atoms with van der Waals surface area (Å²) < 4.78 is 0. The third-order valence-corrected chi connectivity index (χ3v) is 4.34. The Labute approximate surface area is 110 Å². The molecule has 0 spiro atoms. The van der Waals surface area contributed by atoms with Gasteiger partial charge in [-0.1, -0.05) is 26.7 Å². The van der Waals surface area contributed by atoms with Crippen molar-refractivity contribution in [2.75, 3.05) is 13.1 Å². The first-order valence-corrected chi connectivity index (χ1v) is 7.01. The lowest BCUT2D eigenvalue weighted by Crippen LogP contribution is -2.53. The zero-order chi connectivity index (χ0) is 13.0. The lowest BCUT2D eigenvalue weighted by atomic mass is 9.84. The Morgan fingerprint density at radius 1 is 1.28 bits per heavy atom. The van der Waals surface area contributed by atoms with Crippen LogP contribution in [0.2, 0.25) is 0 Å². The van der Waals surface area contributed by atoms with Gasteiger partial charge in [0.2, 0.25) is 0 Å². The van der Waals surface area contributed by atoms with E-state index in [-0.39, 0.29) is 11.6 Å². The Morgan fingerprint density at radius 2 is 1.94 bits per heavy atom. The van der Waals surface area contributed by atoms with Gasteiger partial charge in [0.05, 0.1) is 17.9 Å². The van der Waals surface area contributed by atoms with Crippen LogP contribution in [-0.4, -0.2) is 33.5 Å². The molecule has 0 bridgehead atoms. The summed E-state index contributed by atoms with van der Waals surface area (Å²) in [6, 6.07) is -0.0337. The maximum atomic E-state index is 6.54. The van der Waals surface area contributed by atoms with E-state index in [4.69, 9.17) is 5.73 Å². The average Bonchev–Trinajstić information content (AvgIpc) is 2.91. The average molecular weight is 248 g/mol. The first-order chi connectivity index (χ1) is 8.74. The highest BCUT2D eigenvalue weighted by molar-refractivity contribution is 5.13. The van der Waals surface area contributed by atoms with Gasteiger partial charge < -0.3 is 5.73 Å². The van der Waals surface area contributed by atoms with Crippen LogP contribution < -0.4 is 5.73 Å². The highest BCUT2D eigenvalue weighted by Crippen LogP contribution is 2.42. The molecule has 1 aromatic rings. The summed E-state index contributed by atoms with van der Waals surface area (Å²) in [4.78, 5) is 11.1. The van der Waals surface area contributed by atoms with Crippen LogP contribution in [0.5, 0.6) is 0 Å². The standard InChI is InChI=1S/C14H24N4/c1-3-18(4-2)14(7-5-6-8-14)13(15)12-11-16-9-10-17-12/h9-11,13H,3-8,15H2,1-2H3. The first-order valence-electron chi connectivity index (χ1n) is 7.01. The van der Waals surface area contributed by atoms with Crippen LogP contribution in [0.1, 0.15) is 51.3 Å². The number of nitrogens with zero attached hydrogens (tertiary/aromatic N) is 3. The van der Waals surface area contributed by atoms with Crippen LogP contribution in [0.25, 0.3) is 0 Å². The van der Waals surface area contributed by atoms with Crippen molar-refractivity contribution in [3.05, 3.63) is 24.3 Å². The second-order valence-electron chi connectivity index (χ2n) is 5.09. The molecule has 1 saturated carbocycles. The predicted octanol–water partition coefficient (Wildman–Crippen LogP) is 2.13. The highest BCUT2D eigenvalue weighted by atomic mass is 15.2. The summed E-state index contributed by atoms with van der Waals surface area (Å²) in [6.45, 7) is 6.52. The number of rotatable bonds is 5. The number of hydrogen-bond acceptors (Lipinski definition) is 4. The second kappa shape index (κ2) is 5.76. The lowest BCUT2D eigenvalue weighted by molar-refractivity contribution is 0.0755. The van der Waals surface area contributed by atoms with Gasteiger partial charge in [-0.15, -0.1) is 0 Å². The van der Waals surface area contributed by atoms with Crippen LogP contribution in [0.3, 0.4) is 0 Å². The van der Waals surface area contributed by atoms with Crippen LogP contribution in [0.4, 0.5) is 0 Å². The molecule has 4 heteroatoms. The van der Waals surface area contributed by atoms with E-state index < -0.39 is 0 Å². The number of likely N-dealkylation sites (N-methyl/N-ethyl adjacent to an activating group) is 1. The minimum atomic E-state index is -0.0337. The topological polar surface area (TPSA) is 55.0 Å². The molecule has 18 heavy (non-hydrogen) atoms. The SMILES string of the molecule is CCN(CC)C1(C(N)c2cnccn2)CCCC1. The molecule has 1 fully saturated rings. The largest absolute Gasteiger partial charge is 0.321 e. The monoisotopic (exact) mass is 248 g/mol. The fourth-order valence-corrected chi connectivity index (χ4v) is 3.41. The molecule has 0 radical (unpaired) electrons. The third-order valence-electron chi connectivity index (χ3n) is 4.34. The second-order valence-corrected chi connectivity index (χ2v) is 5.09. The van der Waals surface area contributed by atoms with Gasteiger partial charge in [-0.25, -0.2) is 0 Å². The molecule has 2 N–H and O–H groups in total. The summed E-state index contributed by atoms with van der Waals surface area (Å²) in [5.41, 5.74) is 7.55. The van der Waals surface area contributed by atoms with E-state index in [0.717, 1.165) is 18.8 Å². The van der Waals surface area contributed by atoms with E-state index in [0.29, 0.717) is 0 Å². The molecule has 0 aliphatic heterocycles. The summed E-state index contributed by atoms with van der Waals surface area (Å²) in [7, 11) is 0. The van der Waals surface area contributed by atoms with Crippen molar-refractivity contribution in [3.8, 4) is 0 Å². The molecule has 1 heterocycles. The Kier molecular flexibility index (Phi) is 4.30. The highest BCUT2D eigenvalue weighted by Gasteiger charge is 2.44. The zero-order valence-electron chi connectivity index (χ0n) is 11.5. The maximum Gasteiger partial charge on any atom is 0.0772 e. The van der Waals surface area contributed by atoms with E-state index >= 15 is 0 Å². The summed E-state index contributed by atoms with van der Waals surface area (Å²) >= 11 is 0. The van der Waals surface area contributed by atoms with Gasteiger partial charge in [-0.2, -0.15) is 0 Å². The van der Waals surface area contributed by atoms with Crippen LogP contribution in [-0.2, 0) is 0 Å². The number of aromatic nitrogens is 2. The van der Waals surface area contributed by atoms with Gasteiger partial charge in [0.25, 0.3) is 0 Å². The van der Waals surface area contributed by atoms with E-state index in [1.807, 2.05) is 6.20 Å². The predicted molar refractivity (Wildman–Crippen MR) is 73.1 cm³/mol. The maximum absolute atomic E-state index is 6.54. The van der Waals surface area contributed by atoms with Crippen molar-refractivity contribution in [1.29, 1.82) is 0 Å². The van der Waals surface area contributed by atoms with Crippen molar-refractivity contribution in [2.45, 2.75) is 51.1 Å². The Morgan fingerprint density at radius 3 is 2.44 bits per heavy atom. The molecule has 0 saturated heterocycles. The van der Waals surface area contributed by atoms with Crippen LogP contribution in [0.15, 0.2) is 18.6 Å². The summed E-state index contributed by atoms with van der Waals surface area (Å²) in [5.74, 6) is 0. The quantitative estimate of drug-likeness (QED) is 0.867. The molecule has 100 valence electrons. The minimum absolute atomic E-state index is 0.0337. The Balaban J connectivity index is 2.30. The molecule has 4 nitrogen and oxygen atoms in total. The summed E-state index contributed by atoms with van der Waals surface area (Å²) in [6.07, 6.45) is 10.1. The molecule has 1 aliphatic rings. The zero-order valence-corrected chi connectivity index (χ0v) is 11.5. The van der Waals surface area contributed by atoms with Crippen molar-refractivity contribution < 1.29 is 0 Å². The molecule has 0 aromatic carbocycles. The molecule has 1 aliphatic carbocycles. The van der Waals surface area contributed by atoms with Crippen LogP contribution in [0, 0.1) is 0 Å².